The smallest absolute Gasteiger partial charge is 0.0701 e. The molecule has 2 rings (SSSR count). The first-order valence-electron chi connectivity index (χ1n) is 5.35. The van der Waals surface area contributed by atoms with Crippen LogP contribution in [0.4, 0.5) is 0 Å². The standard InChI is InChI=1S/C11H16BrNOS/c12-11-2-1-10(15-11)7-13-5-3-9(8-14)4-6-13/h1-2,9,14H,3-8H2. The van der Waals surface area contributed by atoms with E-state index in [1.54, 1.807) is 0 Å². The molecule has 0 atom stereocenters. The van der Waals surface area contributed by atoms with Crippen molar-refractivity contribution in [1.29, 1.82) is 0 Å². The van der Waals surface area contributed by atoms with Crippen molar-refractivity contribution in [2.75, 3.05) is 19.7 Å². The molecule has 1 aliphatic rings. The molecular formula is C11H16BrNOS. The zero-order valence-corrected chi connectivity index (χ0v) is 11.1. The largest absolute Gasteiger partial charge is 0.396 e. The van der Waals surface area contributed by atoms with Crippen LogP contribution in [0.1, 0.15) is 17.7 Å². The number of piperidine rings is 1. The van der Waals surface area contributed by atoms with Crippen LogP contribution in [-0.2, 0) is 6.54 Å². The molecule has 1 aliphatic heterocycles. The Morgan fingerprint density at radius 2 is 2.13 bits per heavy atom. The average molecular weight is 290 g/mol. The summed E-state index contributed by atoms with van der Waals surface area (Å²) >= 11 is 5.30. The zero-order valence-electron chi connectivity index (χ0n) is 8.66. The van der Waals surface area contributed by atoms with Gasteiger partial charge in [-0.05, 0) is 59.9 Å². The Balaban J connectivity index is 1.82. The number of halogens is 1. The second-order valence-corrected chi connectivity index (χ2v) is 6.66. The Bertz CT molecular complexity index is 307. The normalized spacial score (nSPS) is 19.6. The molecule has 0 radical (unpaired) electrons. The van der Waals surface area contributed by atoms with Crippen molar-refractivity contribution in [3.8, 4) is 0 Å². The average Bonchev–Trinajstić information content (AvgIpc) is 2.65. The first-order chi connectivity index (χ1) is 7.28. The summed E-state index contributed by atoms with van der Waals surface area (Å²) in [7, 11) is 0. The number of thiophene rings is 1. The molecule has 15 heavy (non-hydrogen) atoms. The van der Waals surface area contributed by atoms with Crippen LogP contribution in [0, 0.1) is 5.92 Å². The van der Waals surface area contributed by atoms with Crippen molar-refractivity contribution in [3.63, 3.8) is 0 Å². The number of aliphatic hydroxyl groups is 1. The summed E-state index contributed by atoms with van der Waals surface area (Å²) < 4.78 is 1.21. The van der Waals surface area contributed by atoms with Crippen LogP contribution < -0.4 is 0 Å². The van der Waals surface area contributed by atoms with Gasteiger partial charge in [-0.15, -0.1) is 11.3 Å². The summed E-state index contributed by atoms with van der Waals surface area (Å²) in [5, 5.41) is 9.05. The van der Waals surface area contributed by atoms with Gasteiger partial charge in [0.1, 0.15) is 0 Å². The molecule has 0 unspecified atom stereocenters. The van der Waals surface area contributed by atoms with Crippen LogP contribution in [0.15, 0.2) is 15.9 Å². The van der Waals surface area contributed by atoms with Gasteiger partial charge in [0.05, 0.1) is 3.79 Å². The molecule has 1 N–H and O–H groups in total. The molecule has 0 amide bonds. The van der Waals surface area contributed by atoms with Crippen molar-refractivity contribution >= 4 is 27.3 Å². The van der Waals surface area contributed by atoms with Gasteiger partial charge in [-0.1, -0.05) is 0 Å². The number of likely N-dealkylation sites (tertiary alicyclic amines) is 1. The van der Waals surface area contributed by atoms with Crippen molar-refractivity contribution in [1.82, 2.24) is 4.90 Å². The van der Waals surface area contributed by atoms with E-state index in [1.807, 2.05) is 11.3 Å². The fourth-order valence-corrected chi connectivity index (χ4v) is 3.51. The van der Waals surface area contributed by atoms with Crippen LogP contribution in [-0.4, -0.2) is 29.7 Å². The van der Waals surface area contributed by atoms with E-state index >= 15 is 0 Å². The van der Waals surface area contributed by atoms with Crippen LogP contribution in [0.2, 0.25) is 0 Å². The minimum Gasteiger partial charge on any atom is -0.396 e. The summed E-state index contributed by atoms with van der Waals surface area (Å²) in [6.45, 7) is 3.67. The molecule has 0 spiro atoms. The Hall–Kier alpha value is 0.1000. The van der Waals surface area contributed by atoms with Crippen molar-refractivity contribution < 1.29 is 5.11 Å². The minimum absolute atomic E-state index is 0.360. The molecule has 0 aliphatic carbocycles. The molecule has 1 aromatic heterocycles. The van der Waals surface area contributed by atoms with Gasteiger partial charge >= 0.3 is 0 Å². The van der Waals surface area contributed by atoms with E-state index in [2.05, 4.69) is 33.0 Å². The first-order valence-corrected chi connectivity index (χ1v) is 6.96. The van der Waals surface area contributed by atoms with Crippen molar-refractivity contribution in [2.45, 2.75) is 19.4 Å². The zero-order chi connectivity index (χ0) is 10.7. The van der Waals surface area contributed by atoms with Crippen molar-refractivity contribution in [2.24, 2.45) is 5.92 Å². The number of aliphatic hydroxyl groups excluding tert-OH is 1. The number of hydrogen-bond acceptors (Lipinski definition) is 3. The Labute approximate surface area is 103 Å². The fraction of sp³-hybridized carbons (Fsp3) is 0.636. The minimum atomic E-state index is 0.360. The third-order valence-corrected chi connectivity index (χ3v) is 4.58. The summed E-state index contributed by atoms with van der Waals surface area (Å²) in [5.74, 6) is 0.538. The third kappa shape index (κ3) is 3.28. The highest BCUT2D eigenvalue weighted by atomic mass is 79.9. The van der Waals surface area contributed by atoms with Gasteiger partial charge in [0.2, 0.25) is 0 Å². The molecule has 2 nitrogen and oxygen atoms in total. The van der Waals surface area contributed by atoms with E-state index < -0.39 is 0 Å². The predicted octanol–water partition coefficient (Wildman–Crippen LogP) is 2.71. The van der Waals surface area contributed by atoms with Gasteiger partial charge in [0, 0.05) is 18.0 Å². The number of nitrogens with zero attached hydrogens (tertiary/aromatic N) is 1. The maximum atomic E-state index is 9.05. The highest BCUT2D eigenvalue weighted by Crippen LogP contribution is 2.25. The van der Waals surface area contributed by atoms with E-state index in [1.165, 1.54) is 8.66 Å². The fourth-order valence-electron chi connectivity index (χ4n) is 1.98. The molecular weight excluding hydrogens is 274 g/mol. The van der Waals surface area contributed by atoms with Gasteiger partial charge in [-0.2, -0.15) is 0 Å². The van der Waals surface area contributed by atoms with Gasteiger partial charge in [0.25, 0.3) is 0 Å². The monoisotopic (exact) mass is 289 g/mol. The van der Waals surface area contributed by atoms with Gasteiger partial charge in [0.15, 0.2) is 0 Å². The van der Waals surface area contributed by atoms with Crippen LogP contribution in [0.5, 0.6) is 0 Å². The first kappa shape index (κ1) is 11.6. The Morgan fingerprint density at radius 3 is 2.67 bits per heavy atom. The topological polar surface area (TPSA) is 23.5 Å². The molecule has 1 fully saturated rings. The quantitative estimate of drug-likeness (QED) is 0.925. The van der Waals surface area contributed by atoms with E-state index in [-0.39, 0.29) is 0 Å². The summed E-state index contributed by atoms with van der Waals surface area (Å²) in [4.78, 5) is 3.90. The second-order valence-electron chi connectivity index (χ2n) is 4.11. The van der Waals surface area contributed by atoms with Gasteiger partial charge in [-0.3, -0.25) is 4.90 Å². The summed E-state index contributed by atoms with van der Waals surface area (Å²) in [6, 6.07) is 4.30. The van der Waals surface area contributed by atoms with Crippen LogP contribution in [0.25, 0.3) is 0 Å². The van der Waals surface area contributed by atoms with Crippen LogP contribution in [0.3, 0.4) is 0 Å². The number of hydrogen-bond donors (Lipinski definition) is 1. The van der Waals surface area contributed by atoms with E-state index in [4.69, 9.17) is 5.11 Å². The lowest BCUT2D eigenvalue weighted by atomic mass is 9.98. The maximum absolute atomic E-state index is 9.05. The predicted molar refractivity (Wildman–Crippen MR) is 67.1 cm³/mol. The Morgan fingerprint density at radius 1 is 1.40 bits per heavy atom. The molecule has 84 valence electrons. The number of rotatable bonds is 3. The lowest BCUT2D eigenvalue weighted by molar-refractivity contribution is 0.128. The van der Waals surface area contributed by atoms with Crippen LogP contribution >= 0.6 is 27.3 Å². The lowest BCUT2D eigenvalue weighted by Gasteiger charge is -2.30. The summed E-state index contributed by atoms with van der Waals surface area (Å²) in [6.07, 6.45) is 2.28. The molecule has 1 saturated heterocycles. The Kier molecular flexibility index (Phi) is 4.20. The third-order valence-electron chi connectivity index (χ3n) is 2.97. The van der Waals surface area contributed by atoms with E-state index in [9.17, 15) is 0 Å². The highest BCUT2D eigenvalue weighted by Gasteiger charge is 2.18. The molecule has 4 heteroatoms. The molecule has 0 bridgehead atoms. The lowest BCUT2D eigenvalue weighted by Crippen LogP contribution is -2.34. The summed E-state index contributed by atoms with van der Waals surface area (Å²) in [5.41, 5.74) is 0. The van der Waals surface area contributed by atoms with E-state index in [0.717, 1.165) is 32.5 Å². The van der Waals surface area contributed by atoms with Gasteiger partial charge in [-0.25, -0.2) is 0 Å². The van der Waals surface area contributed by atoms with Crippen molar-refractivity contribution in [3.05, 3.63) is 20.8 Å². The molecule has 0 saturated carbocycles. The second kappa shape index (κ2) is 5.43. The molecule has 1 aromatic rings. The molecule has 2 heterocycles. The SMILES string of the molecule is OCC1CCN(Cc2ccc(Br)s2)CC1. The highest BCUT2D eigenvalue weighted by molar-refractivity contribution is 9.11. The maximum Gasteiger partial charge on any atom is 0.0701 e. The van der Waals surface area contributed by atoms with Gasteiger partial charge < -0.3 is 5.11 Å². The molecule has 0 aromatic carbocycles. The van der Waals surface area contributed by atoms with E-state index in [0.29, 0.717) is 12.5 Å².